The van der Waals surface area contributed by atoms with E-state index < -0.39 is 9.84 Å². The Bertz CT molecular complexity index is 1030. The van der Waals surface area contributed by atoms with E-state index in [1.807, 2.05) is 6.92 Å². The van der Waals surface area contributed by atoms with Crippen molar-refractivity contribution in [3.63, 3.8) is 0 Å². The average Bonchev–Trinajstić information content (AvgIpc) is 3.07. The molecule has 8 nitrogen and oxygen atoms in total. The number of imidazole rings is 1. The van der Waals surface area contributed by atoms with Gasteiger partial charge in [-0.3, -0.25) is 18.8 Å². The zero-order valence-corrected chi connectivity index (χ0v) is 17.3. The Morgan fingerprint density at radius 1 is 1.32 bits per heavy atom. The molecule has 0 spiro atoms. The van der Waals surface area contributed by atoms with Crippen molar-refractivity contribution < 1.29 is 13.2 Å². The summed E-state index contributed by atoms with van der Waals surface area (Å²) in [5, 5.41) is 3.34. The molecule has 1 aromatic carbocycles. The van der Waals surface area contributed by atoms with Crippen LogP contribution in [0.2, 0.25) is 5.02 Å². The fraction of sp³-hybridized carbons (Fsp3) is 0.444. The van der Waals surface area contributed by atoms with E-state index in [2.05, 4.69) is 5.32 Å². The molecule has 0 saturated carbocycles. The van der Waals surface area contributed by atoms with Crippen LogP contribution < -0.4 is 11.0 Å². The van der Waals surface area contributed by atoms with Crippen molar-refractivity contribution in [1.29, 1.82) is 0 Å². The highest BCUT2D eigenvalue weighted by molar-refractivity contribution is 7.91. The first-order chi connectivity index (χ1) is 13.1. The van der Waals surface area contributed by atoms with Crippen molar-refractivity contribution in [3.05, 3.63) is 51.7 Å². The van der Waals surface area contributed by atoms with Crippen LogP contribution in [0.1, 0.15) is 12.1 Å². The lowest BCUT2D eigenvalue weighted by Crippen LogP contribution is -2.42. The molecule has 1 aromatic heterocycles. The second kappa shape index (κ2) is 8.10. The Labute approximate surface area is 168 Å². The first-order valence-electron chi connectivity index (χ1n) is 8.88. The second-order valence-corrected chi connectivity index (χ2v) is 9.82. The molecule has 0 radical (unpaired) electrons. The van der Waals surface area contributed by atoms with E-state index in [1.54, 1.807) is 47.0 Å². The van der Waals surface area contributed by atoms with Gasteiger partial charge in [0, 0.05) is 23.0 Å². The van der Waals surface area contributed by atoms with Crippen molar-refractivity contribution in [1.82, 2.24) is 19.4 Å². The van der Waals surface area contributed by atoms with Crippen molar-refractivity contribution in [2.45, 2.75) is 26.1 Å². The molecule has 2 heterocycles. The first kappa shape index (κ1) is 20.6. The number of carbonyl (C=O) groups excluding carboxylic acids is 1. The van der Waals surface area contributed by atoms with Crippen LogP contribution in [-0.4, -0.2) is 59.5 Å². The molecule has 1 N–H and O–H groups in total. The van der Waals surface area contributed by atoms with E-state index in [1.165, 1.54) is 4.57 Å². The number of carbonyl (C=O) groups is 1. The number of nitrogens with zero attached hydrogens (tertiary/aromatic N) is 3. The van der Waals surface area contributed by atoms with Gasteiger partial charge in [-0.15, -0.1) is 0 Å². The summed E-state index contributed by atoms with van der Waals surface area (Å²) in [5.74, 6) is -0.155. The number of sulfone groups is 1. The van der Waals surface area contributed by atoms with Gasteiger partial charge in [-0.05, 0) is 44.7 Å². The summed E-state index contributed by atoms with van der Waals surface area (Å²) < 4.78 is 26.1. The van der Waals surface area contributed by atoms with E-state index in [0.717, 1.165) is 5.69 Å². The van der Waals surface area contributed by atoms with Gasteiger partial charge in [0.2, 0.25) is 5.91 Å². The molecule has 0 aliphatic carbocycles. The number of benzene rings is 1. The highest BCUT2D eigenvalue weighted by Gasteiger charge is 2.29. The van der Waals surface area contributed by atoms with Gasteiger partial charge in [-0.2, -0.15) is 0 Å². The topological polar surface area (TPSA) is 93.4 Å². The van der Waals surface area contributed by atoms with Crippen LogP contribution in [0.25, 0.3) is 5.69 Å². The first-order valence-corrected chi connectivity index (χ1v) is 11.1. The Morgan fingerprint density at radius 2 is 2.00 bits per heavy atom. The fourth-order valence-electron chi connectivity index (χ4n) is 3.36. The van der Waals surface area contributed by atoms with E-state index in [-0.39, 0.29) is 42.4 Å². The largest absolute Gasteiger partial charge is 0.351 e. The number of amides is 1. The van der Waals surface area contributed by atoms with Crippen LogP contribution in [0.5, 0.6) is 0 Å². The molecule has 1 saturated heterocycles. The summed E-state index contributed by atoms with van der Waals surface area (Å²) >= 11 is 5.91. The highest BCUT2D eigenvalue weighted by atomic mass is 35.5. The Kier molecular flexibility index (Phi) is 5.97. The van der Waals surface area contributed by atoms with Crippen molar-refractivity contribution in [2.24, 2.45) is 0 Å². The number of rotatable bonds is 6. The van der Waals surface area contributed by atoms with Gasteiger partial charge in [-0.25, -0.2) is 13.2 Å². The minimum atomic E-state index is -3.04. The molecular weight excluding hydrogens is 404 g/mol. The fourth-order valence-corrected chi connectivity index (χ4v) is 5.16. The van der Waals surface area contributed by atoms with E-state index in [0.29, 0.717) is 17.1 Å². The summed E-state index contributed by atoms with van der Waals surface area (Å²) in [4.78, 5) is 26.6. The molecule has 1 aliphatic heterocycles. The number of aryl methyl sites for hydroxylation is 1. The smallest absolute Gasteiger partial charge is 0.334 e. The van der Waals surface area contributed by atoms with Gasteiger partial charge in [0.15, 0.2) is 9.84 Å². The third-order valence-electron chi connectivity index (χ3n) is 4.62. The lowest BCUT2D eigenvalue weighted by Gasteiger charge is -2.18. The molecule has 2 aromatic rings. The number of halogens is 1. The molecule has 152 valence electrons. The minimum absolute atomic E-state index is 0.00888. The number of aromatic nitrogens is 2. The monoisotopic (exact) mass is 426 g/mol. The molecule has 1 atom stereocenters. The van der Waals surface area contributed by atoms with Crippen molar-refractivity contribution in [3.8, 4) is 5.69 Å². The molecule has 1 fully saturated rings. The maximum absolute atomic E-state index is 12.7. The lowest BCUT2D eigenvalue weighted by molar-refractivity contribution is -0.122. The quantitative estimate of drug-likeness (QED) is 0.737. The van der Waals surface area contributed by atoms with E-state index in [4.69, 9.17) is 11.6 Å². The van der Waals surface area contributed by atoms with Crippen molar-refractivity contribution in [2.75, 3.05) is 25.1 Å². The predicted octanol–water partition coefficient (Wildman–Crippen LogP) is 0.793. The summed E-state index contributed by atoms with van der Waals surface area (Å²) in [6, 6.07) is 6.66. The minimum Gasteiger partial charge on any atom is -0.351 e. The second-order valence-electron chi connectivity index (χ2n) is 7.16. The lowest BCUT2D eigenvalue weighted by atomic mass is 10.2. The number of hydrogen-bond acceptors (Lipinski definition) is 5. The number of hydrogen-bond donors (Lipinski definition) is 1. The van der Waals surface area contributed by atoms with E-state index in [9.17, 15) is 18.0 Å². The Balaban J connectivity index is 1.63. The summed E-state index contributed by atoms with van der Waals surface area (Å²) in [6.07, 6.45) is 2.18. The highest BCUT2D eigenvalue weighted by Crippen LogP contribution is 2.14. The molecule has 1 unspecified atom stereocenters. The van der Waals surface area contributed by atoms with Gasteiger partial charge in [0.1, 0.15) is 0 Å². The summed E-state index contributed by atoms with van der Waals surface area (Å²) in [6.45, 7) is 2.13. The molecule has 28 heavy (non-hydrogen) atoms. The van der Waals surface area contributed by atoms with Gasteiger partial charge in [-0.1, -0.05) is 11.6 Å². The molecule has 1 aliphatic rings. The number of likely N-dealkylation sites (N-methyl/N-ethyl adjacent to an activating group) is 1. The third kappa shape index (κ3) is 4.84. The summed E-state index contributed by atoms with van der Waals surface area (Å²) in [7, 11) is -1.31. The molecule has 10 heteroatoms. The van der Waals surface area contributed by atoms with Crippen LogP contribution in [0.4, 0.5) is 0 Å². The molecule has 1 amide bonds. The van der Waals surface area contributed by atoms with E-state index >= 15 is 0 Å². The van der Waals surface area contributed by atoms with Gasteiger partial charge in [0.25, 0.3) is 0 Å². The third-order valence-corrected chi connectivity index (χ3v) is 6.64. The van der Waals surface area contributed by atoms with Crippen molar-refractivity contribution >= 4 is 27.3 Å². The maximum Gasteiger partial charge on any atom is 0.334 e. The average molecular weight is 427 g/mol. The Morgan fingerprint density at radius 3 is 2.61 bits per heavy atom. The molecule has 0 bridgehead atoms. The maximum atomic E-state index is 12.7. The zero-order valence-electron chi connectivity index (χ0n) is 15.8. The van der Waals surface area contributed by atoms with Crippen LogP contribution >= 0.6 is 11.6 Å². The normalized spacial score (nSPS) is 18.5. The van der Waals surface area contributed by atoms with Crippen LogP contribution in [0.3, 0.4) is 0 Å². The molecule has 3 rings (SSSR count). The van der Waals surface area contributed by atoms with Crippen LogP contribution in [0, 0.1) is 6.92 Å². The standard InChI is InChI=1S/C18H23ClN4O4S/c1-13-9-22(18(25)23(13)16-5-3-14(19)4-6-16)12-21(2)10-17(24)20-15-7-8-28(26,27)11-15/h3-6,9,15H,7-8,10-12H2,1-2H3,(H,20,24). The van der Waals surface area contributed by atoms with Gasteiger partial charge >= 0.3 is 5.69 Å². The zero-order chi connectivity index (χ0) is 20.5. The number of nitrogens with one attached hydrogen (secondary N) is 1. The van der Waals surface area contributed by atoms with Gasteiger partial charge in [0.05, 0.1) is 30.4 Å². The van der Waals surface area contributed by atoms with Crippen LogP contribution in [0.15, 0.2) is 35.3 Å². The summed E-state index contributed by atoms with van der Waals surface area (Å²) in [5.41, 5.74) is 1.27. The Hall–Kier alpha value is -2.10. The van der Waals surface area contributed by atoms with Crippen LogP contribution in [-0.2, 0) is 21.3 Å². The SMILES string of the molecule is Cc1cn(CN(C)CC(=O)NC2CCS(=O)(=O)C2)c(=O)n1-c1ccc(Cl)cc1. The predicted molar refractivity (Wildman–Crippen MR) is 108 cm³/mol. The molecular formula is C18H23ClN4O4S. The van der Waals surface area contributed by atoms with Gasteiger partial charge < -0.3 is 5.32 Å².